The molecule has 0 saturated heterocycles. The van der Waals surface area contributed by atoms with Gasteiger partial charge >= 0.3 is 5.97 Å². The normalized spacial score (nSPS) is 21.5. The van der Waals surface area contributed by atoms with Crippen molar-refractivity contribution in [2.45, 2.75) is 31.5 Å². The molecule has 110 valence electrons. The zero-order valence-electron chi connectivity index (χ0n) is 11.8. The number of esters is 1. The van der Waals surface area contributed by atoms with Crippen LogP contribution in [0, 0.1) is 0 Å². The van der Waals surface area contributed by atoms with Crippen LogP contribution in [0.1, 0.15) is 19.3 Å². The maximum atomic E-state index is 11.8. The number of para-hydroxylation sites is 2. The van der Waals surface area contributed by atoms with Crippen molar-refractivity contribution >= 4 is 5.97 Å². The Balaban J connectivity index is 1.83. The minimum Gasteiger partial charge on any atom is -0.493 e. The average molecular weight is 280 g/mol. The Morgan fingerprint density at radius 1 is 1.15 bits per heavy atom. The lowest BCUT2D eigenvalue weighted by molar-refractivity contribution is -0.156. The number of hydrogen-bond acceptors (Lipinski definition) is 5. The van der Waals surface area contributed by atoms with Gasteiger partial charge in [0.1, 0.15) is 6.10 Å². The van der Waals surface area contributed by atoms with Gasteiger partial charge in [-0.05, 0) is 31.4 Å². The molecular formula is C15H20O5. The minimum atomic E-state index is -0.384. The number of carbonyl (C=O) groups is 1. The molecule has 1 aliphatic carbocycles. The van der Waals surface area contributed by atoms with Crippen LogP contribution in [0.5, 0.6) is 11.5 Å². The van der Waals surface area contributed by atoms with Gasteiger partial charge in [-0.1, -0.05) is 12.1 Å². The van der Waals surface area contributed by atoms with Crippen LogP contribution in [0.3, 0.4) is 0 Å². The lowest BCUT2D eigenvalue weighted by Gasteiger charge is -2.19. The van der Waals surface area contributed by atoms with Crippen molar-refractivity contribution < 1.29 is 23.7 Å². The Bertz CT molecular complexity index is 446. The van der Waals surface area contributed by atoms with Crippen molar-refractivity contribution in [3.05, 3.63) is 24.3 Å². The predicted octanol–water partition coefficient (Wildman–Crippen LogP) is 2.18. The first-order valence-electron chi connectivity index (χ1n) is 6.72. The molecule has 0 unspecified atom stereocenters. The lowest BCUT2D eigenvalue weighted by Crippen LogP contribution is -2.29. The summed E-state index contributed by atoms with van der Waals surface area (Å²) in [6, 6.07) is 7.19. The van der Waals surface area contributed by atoms with Crippen molar-refractivity contribution in [1.29, 1.82) is 0 Å². The third kappa shape index (κ3) is 3.63. The van der Waals surface area contributed by atoms with Gasteiger partial charge in [0, 0.05) is 7.11 Å². The van der Waals surface area contributed by atoms with E-state index in [0.717, 1.165) is 19.3 Å². The summed E-state index contributed by atoms with van der Waals surface area (Å²) in [5, 5.41) is 0. The van der Waals surface area contributed by atoms with Crippen molar-refractivity contribution in [2.75, 3.05) is 20.8 Å². The van der Waals surface area contributed by atoms with E-state index < -0.39 is 0 Å². The van der Waals surface area contributed by atoms with Gasteiger partial charge in [0.05, 0.1) is 13.2 Å². The fraction of sp³-hybridized carbons (Fsp3) is 0.533. The molecule has 1 aromatic carbocycles. The fourth-order valence-corrected chi connectivity index (χ4v) is 2.37. The number of hydrogen-bond donors (Lipinski definition) is 0. The largest absolute Gasteiger partial charge is 0.493 e. The maximum absolute atomic E-state index is 11.8. The lowest BCUT2D eigenvalue weighted by atomic mass is 10.2. The van der Waals surface area contributed by atoms with E-state index in [1.54, 1.807) is 26.4 Å². The van der Waals surface area contributed by atoms with Gasteiger partial charge in [-0.25, -0.2) is 4.79 Å². The summed E-state index contributed by atoms with van der Waals surface area (Å²) in [5.41, 5.74) is 0. The first-order valence-corrected chi connectivity index (χ1v) is 6.72. The number of benzene rings is 1. The van der Waals surface area contributed by atoms with Crippen LogP contribution >= 0.6 is 0 Å². The summed E-state index contributed by atoms with van der Waals surface area (Å²) in [5.74, 6) is 0.738. The highest BCUT2D eigenvalue weighted by molar-refractivity contribution is 5.71. The fourth-order valence-electron chi connectivity index (χ4n) is 2.37. The zero-order valence-corrected chi connectivity index (χ0v) is 11.8. The molecule has 0 spiro atoms. The quantitative estimate of drug-likeness (QED) is 0.748. The summed E-state index contributed by atoms with van der Waals surface area (Å²) < 4.78 is 21.2. The summed E-state index contributed by atoms with van der Waals surface area (Å²) >= 11 is 0. The molecule has 1 fully saturated rings. The monoisotopic (exact) mass is 280 g/mol. The van der Waals surface area contributed by atoms with E-state index in [0.29, 0.717) is 11.5 Å². The van der Waals surface area contributed by atoms with E-state index in [1.165, 1.54) is 0 Å². The second kappa shape index (κ2) is 7.14. The summed E-state index contributed by atoms with van der Waals surface area (Å²) in [6.45, 7) is -0.132. The Kier molecular flexibility index (Phi) is 5.24. The second-order valence-corrected chi connectivity index (χ2v) is 4.67. The Hall–Kier alpha value is -1.75. The van der Waals surface area contributed by atoms with Crippen molar-refractivity contribution in [2.24, 2.45) is 0 Å². The van der Waals surface area contributed by atoms with Crippen LogP contribution in [0.15, 0.2) is 24.3 Å². The number of rotatable bonds is 6. The molecule has 1 saturated carbocycles. The molecule has 2 rings (SSSR count). The molecule has 20 heavy (non-hydrogen) atoms. The predicted molar refractivity (Wildman–Crippen MR) is 73.0 cm³/mol. The molecule has 0 heterocycles. The first-order chi connectivity index (χ1) is 9.74. The van der Waals surface area contributed by atoms with Crippen molar-refractivity contribution in [3.8, 4) is 11.5 Å². The third-order valence-corrected chi connectivity index (χ3v) is 3.39. The number of methoxy groups -OCH3 is 2. The van der Waals surface area contributed by atoms with Gasteiger partial charge in [0.2, 0.25) is 0 Å². The molecule has 0 radical (unpaired) electrons. The van der Waals surface area contributed by atoms with Crippen LogP contribution in [-0.4, -0.2) is 39.0 Å². The molecule has 1 aliphatic rings. The van der Waals surface area contributed by atoms with Crippen LogP contribution in [0.2, 0.25) is 0 Å². The standard InChI is InChI=1S/C15H20O5/c1-17-11-6-3-4-7-13(11)19-10-15(16)20-14-9-5-8-12(14)18-2/h3-4,6-7,12,14H,5,8-10H2,1-2H3/t12-,14+/m1/s1. The Morgan fingerprint density at radius 2 is 1.85 bits per heavy atom. The van der Waals surface area contributed by atoms with Gasteiger partial charge in [0.15, 0.2) is 18.1 Å². The van der Waals surface area contributed by atoms with Gasteiger partial charge in [-0.15, -0.1) is 0 Å². The Labute approximate surface area is 118 Å². The molecule has 5 nitrogen and oxygen atoms in total. The molecule has 0 N–H and O–H groups in total. The zero-order chi connectivity index (χ0) is 14.4. The van der Waals surface area contributed by atoms with Gasteiger partial charge in [-0.2, -0.15) is 0 Å². The Morgan fingerprint density at radius 3 is 2.55 bits per heavy atom. The van der Waals surface area contributed by atoms with E-state index in [1.807, 2.05) is 12.1 Å². The first kappa shape index (κ1) is 14.7. The summed E-state index contributed by atoms with van der Waals surface area (Å²) in [6.07, 6.45) is 2.64. The van der Waals surface area contributed by atoms with E-state index >= 15 is 0 Å². The van der Waals surface area contributed by atoms with Crippen molar-refractivity contribution in [3.63, 3.8) is 0 Å². The molecule has 5 heteroatoms. The highest BCUT2D eigenvalue weighted by Gasteiger charge is 2.30. The second-order valence-electron chi connectivity index (χ2n) is 4.67. The van der Waals surface area contributed by atoms with E-state index in [-0.39, 0.29) is 24.8 Å². The smallest absolute Gasteiger partial charge is 0.344 e. The molecule has 0 aromatic heterocycles. The molecule has 1 aromatic rings. The summed E-state index contributed by atoms with van der Waals surface area (Å²) in [7, 11) is 3.20. The molecule has 2 atom stereocenters. The van der Waals surface area contributed by atoms with Gasteiger partial charge in [0.25, 0.3) is 0 Å². The van der Waals surface area contributed by atoms with Crippen molar-refractivity contribution in [1.82, 2.24) is 0 Å². The molecule has 0 amide bonds. The maximum Gasteiger partial charge on any atom is 0.344 e. The van der Waals surface area contributed by atoms with E-state index in [2.05, 4.69) is 0 Å². The van der Waals surface area contributed by atoms with Crippen LogP contribution in [0.4, 0.5) is 0 Å². The van der Waals surface area contributed by atoms with E-state index in [4.69, 9.17) is 18.9 Å². The van der Waals surface area contributed by atoms with Crippen LogP contribution < -0.4 is 9.47 Å². The SMILES string of the molecule is COc1ccccc1OCC(=O)O[C@H]1CCC[C@H]1OC. The number of ether oxygens (including phenoxy) is 4. The average Bonchev–Trinajstić information content (AvgIpc) is 2.92. The van der Waals surface area contributed by atoms with Gasteiger partial charge < -0.3 is 18.9 Å². The highest BCUT2D eigenvalue weighted by Crippen LogP contribution is 2.27. The molecule has 0 aliphatic heterocycles. The molecular weight excluding hydrogens is 260 g/mol. The minimum absolute atomic E-state index is 0.00483. The molecule has 0 bridgehead atoms. The highest BCUT2D eigenvalue weighted by atomic mass is 16.6. The van der Waals surface area contributed by atoms with Gasteiger partial charge in [-0.3, -0.25) is 0 Å². The van der Waals surface area contributed by atoms with E-state index in [9.17, 15) is 4.79 Å². The summed E-state index contributed by atoms with van der Waals surface area (Å²) in [4.78, 5) is 11.8. The van der Waals surface area contributed by atoms with Crippen LogP contribution in [-0.2, 0) is 14.3 Å². The number of carbonyl (C=O) groups excluding carboxylic acids is 1. The van der Waals surface area contributed by atoms with Crippen LogP contribution in [0.25, 0.3) is 0 Å². The topological polar surface area (TPSA) is 54.0 Å². The third-order valence-electron chi connectivity index (χ3n) is 3.39.